The molecular weight excluding hydrogens is 387 g/mol. The van der Waals surface area contributed by atoms with Gasteiger partial charge >= 0.3 is 12.1 Å². The van der Waals surface area contributed by atoms with Gasteiger partial charge < -0.3 is 14.2 Å². The molecule has 0 radical (unpaired) electrons. The fraction of sp³-hybridized carbons (Fsp3) is 0.550. The first-order chi connectivity index (χ1) is 13.8. The number of piperidine rings is 1. The van der Waals surface area contributed by atoms with Gasteiger partial charge in [0, 0.05) is 26.1 Å². The smallest absolute Gasteiger partial charge is 0.449 e. The Hall–Kier alpha value is -2.58. The molecule has 6 nitrogen and oxygen atoms in total. The summed E-state index contributed by atoms with van der Waals surface area (Å²) in [6.07, 6.45) is -3.18. The molecule has 1 fully saturated rings. The second-order valence-electron chi connectivity index (χ2n) is 7.16. The zero-order chi connectivity index (χ0) is 21.0. The average Bonchev–Trinajstić information content (AvgIpc) is 3.06. The van der Waals surface area contributed by atoms with Crippen molar-refractivity contribution in [2.24, 2.45) is 5.92 Å². The van der Waals surface area contributed by atoms with Gasteiger partial charge in [-0.3, -0.25) is 9.59 Å². The van der Waals surface area contributed by atoms with E-state index in [0.717, 1.165) is 0 Å². The summed E-state index contributed by atoms with van der Waals surface area (Å²) in [6.45, 7) is 3.14. The first-order valence-corrected chi connectivity index (χ1v) is 9.75. The number of nitrogens with zero attached hydrogens (tertiary/aromatic N) is 3. The van der Waals surface area contributed by atoms with E-state index in [2.05, 4.69) is 4.98 Å². The van der Waals surface area contributed by atoms with Crippen molar-refractivity contribution in [3.8, 4) is 0 Å². The van der Waals surface area contributed by atoms with Crippen LogP contribution in [-0.2, 0) is 27.0 Å². The van der Waals surface area contributed by atoms with Crippen LogP contribution in [0.15, 0.2) is 24.3 Å². The highest BCUT2D eigenvalue weighted by atomic mass is 19.4. The van der Waals surface area contributed by atoms with Crippen molar-refractivity contribution < 1.29 is 27.5 Å². The molecule has 0 bridgehead atoms. The Morgan fingerprint density at radius 3 is 2.52 bits per heavy atom. The third kappa shape index (κ3) is 5.07. The summed E-state index contributed by atoms with van der Waals surface area (Å²) in [4.78, 5) is 29.1. The first-order valence-electron chi connectivity index (χ1n) is 9.75. The summed E-state index contributed by atoms with van der Waals surface area (Å²) in [7, 11) is 0. The maximum Gasteiger partial charge on any atom is 0.449 e. The van der Waals surface area contributed by atoms with Gasteiger partial charge in [0.15, 0.2) is 0 Å². The maximum absolute atomic E-state index is 13.4. The summed E-state index contributed by atoms with van der Waals surface area (Å²) in [5.41, 5.74) is 0.791. The van der Waals surface area contributed by atoms with Gasteiger partial charge in [-0.25, -0.2) is 4.98 Å². The zero-order valence-corrected chi connectivity index (χ0v) is 16.2. The van der Waals surface area contributed by atoms with E-state index in [1.54, 1.807) is 36.1 Å². The molecule has 3 rings (SSSR count). The minimum absolute atomic E-state index is 0.0165. The molecule has 158 valence electrons. The molecular formula is C20H24F3N3O3. The molecule has 1 saturated heterocycles. The monoisotopic (exact) mass is 411 g/mol. The van der Waals surface area contributed by atoms with E-state index in [1.165, 1.54) is 4.57 Å². The number of imidazole rings is 1. The molecule has 29 heavy (non-hydrogen) atoms. The number of rotatable bonds is 6. The van der Waals surface area contributed by atoms with Crippen molar-refractivity contribution >= 4 is 22.9 Å². The summed E-state index contributed by atoms with van der Waals surface area (Å²) in [5.74, 6) is -1.39. The molecule has 1 aromatic heterocycles. The summed E-state index contributed by atoms with van der Waals surface area (Å²) < 4.78 is 46.4. The average molecular weight is 411 g/mol. The van der Waals surface area contributed by atoms with Gasteiger partial charge in [0.05, 0.1) is 24.1 Å². The predicted molar refractivity (Wildman–Crippen MR) is 99.9 cm³/mol. The van der Waals surface area contributed by atoms with Gasteiger partial charge in [-0.05, 0) is 37.8 Å². The largest absolute Gasteiger partial charge is 0.466 e. The number of ether oxygens (including phenoxy) is 1. The lowest BCUT2D eigenvalue weighted by atomic mass is 9.96. The number of halogens is 3. The zero-order valence-electron chi connectivity index (χ0n) is 16.2. The Kier molecular flexibility index (Phi) is 6.44. The van der Waals surface area contributed by atoms with Gasteiger partial charge in [-0.1, -0.05) is 12.1 Å². The molecule has 0 atom stereocenters. The molecule has 0 N–H and O–H groups in total. The molecule has 9 heteroatoms. The second kappa shape index (κ2) is 8.84. The van der Waals surface area contributed by atoms with Crippen LogP contribution in [0.3, 0.4) is 0 Å². The lowest BCUT2D eigenvalue weighted by Gasteiger charge is -2.32. The van der Waals surface area contributed by atoms with Crippen molar-refractivity contribution in [2.45, 2.75) is 45.3 Å². The lowest BCUT2D eigenvalue weighted by Crippen LogP contribution is -2.39. The highest BCUT2D eigenvalue weighted by Crippen LogP contribution is 2.33. The SMILES string of the molecule is CCOC(=O)CCC(=O)N1CCC(Cn2c(C(F)(F)F)nc3ccccc32)CC1. The Bertz CT molecular complexity index is 871. The van der Waals surface area contributed by atoms with Crippen molar-refractivity contribution in [1.82, 2.24) is 14.5 Å². The van der Waals surface area contributed by atoms with Crippen molar-refractivity contribution in [3.63, 3.8) is 0 Å². The molecule has 1 aliphatic heterocycles. The van der Waals surface area contributed by atoms with E-state index in [0.29, 0.717) is 37.0 Å². The molecule has 0 aliphatic carbocycles. The number of alkyl halides is 3. The number of esters is 1. The quantitative estimate of drug-likeness (QED) is 0.681. The molecule has 0 saturated carbocycles. The number of carbonyl (C=O) groups excluding carboxylic acids is 2. The molecule has 2 aromatic rings. The molecule has 2 heterocycles. The minimum atomic E-state index is -4.53. The fourth-order valence-corrected chi connectivity index (χ4v) is 3.70. The van der Waals surface area contributed by atoms with Crippen LogP contribution < -0.4 is 0 Å². The number of aromatic nitrogens is 2. The molecule has 1 amide bonds. The third-order valence-corrected chi connectivity index (χ3v) is 5.16. The van der Waals surface area contributed by atoms with E-state index in [1.807, 2.05) is 0 Å². The summed E-state index contributed by atoms with van der Waals surface area (Å²) in [5, 5.41) is 0. The Morgan fingerprint density at radius 2 is 1.86 bits per heavy atom. The number of carbonyl (C=O) groups is 2. The van der Waals surface area contributed by atoms with Crippen LogP contribution in [0.1, 0.15) is 38.4 Å². The topological polar surface area (TPSA) is 64.4 Å². The summed E-state index contributed by atoms with van der Waals surface area (Å²) >= 11 is 0. The van der Waals surface area contributed by atoms with E-state index < -0.39 is 18.0 Å². The van der Waals surface area contributed by atoms with Gasteiger partial charge in [0.2, 0.25) is 11.7 Å². The predicted octanol–water partition coefficient (Wildman–Crippen LogP) is 3.64. The normalized spacial score (nSPS) is 15.7. The number of fused-ring (bicyclic) bond motifs is 1. The lowest BCUT2D eigenvalue weighted by molar-refractivity contribution is -0.147. The second-order valence-corrected chi connectivity index (χ2v) is 7.16. The van der Waals surface area contributed by atoms with Crippen LogP contribution in [0, 0.1) is 5.92 Å². The van der Waals surface area contributed by atoms with Gasteiger partial charge in [-0.15, -0.1) is 0 Å². The Balaban J connectivity index is 1.61. The molecule has 0 spiro atoms. The summed E-state index contributed by atoms with van der Waals surface area (Å²) in [6, 6.07) is 6.59. The third-order valence-electron chi connectivity index (χ3n) is 5.16. The number of hydrogen-bond donors (Lipinski definition) is 0. The highest BCUT2D eigenvalue weighted by molar-refractivity contribution is 5.81. The van der Waals surface area contributed by atoms with E-state index in [-0.39, 0.29) is 37.8 Å². The Labute approximate surface area is 166 Å². The van der Waals surface area contributed by atoms with Crippen LogP contribution in [0.5, 0.6) is 0 Å². The number of likely N-dealkylation sites (tertiary alicyclic amines) is 1. The standard InChI is InChI=1S/C20H24F3N3O3/c1-2-29-18(28)8-7-17(27)25-11-9-14(10-12-25)13-26-16-6-4-3-5-15(16)24-19(26)20(21,22)23/h3-6,14H,2,7-13H2,1H3. The van der Waals surface area contributed by atoms with Gasteiger partial charge in [0.1, 0.15) is 0 Å². The molecule has 1 aromatic carbocycles. The Morgan fingerprint density at radius 1 is 1.17 bits per heavy atom. The first kappa shape index (κ1) is 21.1. The van der Waals surface area contributed by atoms with Crippen molar-refractivity contribution in [1.29, 1.82) is 0 Å². The van der Waals surface area contributed by atoms with Crippen LogP contribution >= 0.6 is 0 Å². The number of hydrogen-bond acceptors (Lipinski definition) is 4. The van der Waals surface area contributed by atoms with Crippen LogP contribution in [0.2, 0.25) is 0 Å². The number of amides is 1. The van der Waals surface area contributed by atoms with Crippen molar-refractivity contribution in [3.05, 3.63) is 30.1 Å². The minimum Gasteiger partial charge on any atom is -0.466 e. The molecule has 0 unspecified atom stereocenters. The van der Waals surface area contributed by atoms with Crippen LogP contribution in [0.4, 0.5) is 13.2 Å². The van der Waals surface area contributed by atoms with E-state index in [9.17, 15) is 22.8 Å². The van der Waals surface area contributed by atoms with E-state index in [4.69, 9.17) is 4.74 Å². The highest BCUT2D eigenvalue weighted by Gasteiger charge is 2.38. The van der Waals surface area contributed by atoms with Crippen LogP contribution in [-0.4, -0.2) is 46.0 Å². The fourth-order valence-electron chi connectivity index (χ4n) is 3.70. The van der Waals surface area contributed by atoms with Crippen molar-refractivity contribution in [2.75, 3.05) is 19.7 Å². The van der Waals surface area contributed by atoms with E-state index >= 15 is 0 Å². The van der Waals surface area contributed by atoms with Crippen LogP contribution in [0.25, 0.3) is 11.0 Å². The maximum atomic E-state index is 13.4. The number of para-hydroxylation sites is 2. The number of benzene rings is 1. The molecule has 1 aliphatic rings. The van der Waals surface area contributed by atoms with Gasteiger partial charge in [0.25, 0.3) is 0 Å². The van der Waals surface area contributed by atoms with Gasteiger partial charge in [-0.2, -0.15) is 13.2 Å².